The molecule has 0 fully saturated rings. The predicted molar refractivity (Wildman–Crippen MR) is 128 cm³/mol. The lowest BCUT2D eigenvalue weighted by molar-refractivity contribution is -0.118. The van der Waals surface area contributed by atoms with Crippen LogP contribution in [0.15, 0.2) is 71.6 Å². The van der Waals surface area contributed by atoms with E-state index in [1.165, 1.54) is 42.5 Å². The van der Waals surface area contributed by atoms with Crippen LogP contribution in [0.25, 0.3) is 10.2 Å². The summed E-state index contributed by atoms with van der Waals surface area (Å²) < 4.78 is 43.3. The van der Waals surface area contributed by atoms with Crippen molar-refractivity contribution in [3.63, 3.8) is 0 Å². The summed E-state index contributed by atoms with van der Waals surface area (Å²) in [5.41, 5.74) is 0.733. The van der Waals surface area contributed by atoms with Crippen LogP contribution in [0, 0.1) is 5.82 Å². The lowest BCUT2D eigenvalue weighted by Crippen LogP contribution is -2.22. The summed E-state index contributed by atoms with van der Waals surface area (Å²) in [6.07, 6.45) is 1.12. The SMILES string of the molecule is CS(=O)(=O)c1ccc2nc(NC(=O)c3ccccc3OCC(=O)Nc3ccccc3F)sc2c1. The Morgan fingerprint density at radius 3 is 2.53 bits per heavy atom. The standard InChI is InChI=1S/C23H18FN3O5S2/c1-34(30,31)14-10-11-18-20(12-14)33-23(26-18)27-22(29)15-6-2-5-9-19(15)32-13-21(28)25-17-8-4-3-7-16(17)24/h2-12H,13H2,1H3,(H,25,28)(H,26,27,29). The summed E-state index contributed by atoms with van der Waals surface area (Å²) in [5.74, 6) is -1.53. The first-order chi connectivity index (χ1) is 16.2. The predicted octanol–water partition coefficient (Wildman–Crippen LogP) is 4.11. The van der Waals surface area contributed by atoms with Gasteiger partial charge < -0.3 is 10.1 Å². The number of benzene rings is 3. The Labute approximate surface area is 198 Å². The van der Waals surface area contributed by atoms with E-state index in [2.05, 4.69) is 15.6 Å². The minimum Gasteiger partial charge on any atom is -0.483 e. The second-order valence-corrected chi connectivity index (χ2v) is 10.2. The van der Waals surface area contributed by atoms with Crippen LogP contribution in [0.1, 0.15) is 10.4 Å². The minimum absolute atomic E-state index is 0.0250. The molecule has 1 heterocycles. The third kappa shape index (κ3) is 5.38. The summed E-state index contributed by atoms with van der Waals surface area (Å²) in [6.45, 7) is -0.436. The molecule has 0 radical (unpaired) electrons. The van der Waals surface area contributed by atoms with Crippen molar-refractivity contribution < 1.29 is 27.1 Å². The molecule has 0 saturated carbocycles. The average Bonchev–Trinajstić information content (AvgIpc) is 3.20. The molecule has 8 nitrogen and oxygen atoms in total. The quantitative estimate of drug-likeness (QED) is 0.396. The molecule has 1 aromatic heterocycles. The maximum Gasteiger partial charge on any atom is 0.262 e. The zero-order valence-electron chi connectivity index (χ0n) is 17.7. The molecule has 0 aliphatic carbocycles. The molecule has 2 N–H and O–H groups in total. The van der Waals surface area contributed by atoms with Gasteiger partial charge in [0.15, 0.2) is 21.6 Å². The van der Waals surface area contributed by atoms with Gasteiger partial charge in [0, 0.05) is 6.26 Å². The highest BCUT2D eigenvalue weighted by atomic mass is 32.2. The molecule has 3 aromatic carbocycles. The lowest BCUT2D eigenvalue weighted by Gasteiger charge is -2.11. The van der Waals surface area contributed by atoms with Gasteiger partial charge in [0.25, 0.3) is 11.8 Å². The van der Waals surface area contributed by atoms with E-state index in [0.717, 1.165) is 17.6 Å². The fraction of sp³-hybridized carbons (Fsp3) is 0.0870. The number of amides is 2. The highest BCUT2D eigenvalue weighted by Crippen LogP contribution is 2.29. The zero-order chi connectivity index (χ0) is 24.3. The molecule has 34 heavy (non-hydrogen) atoms. The van der Waals surface area contributed by atoms with E-state index < -0.39 is 34.1 Å². The Kier molecular flexibility index (Phi) is 6.57. The third-order valence-corrected chi connectivity index (χ3v) is 6.69. The van der Waals surface area contributed by atoms with Gasteiger partial charge in [-0.2, -0.15) is 0 Å². The Hall–Kier alpha value is -3.83. The Morgan fingerprint density at radius 2 is 1.76 bits per heavy atom. The van der Waals surface area contributed by atoms with Gasteiger partial charge in [-0.1, -0.05) is 35.6 Å². The monoisotopic (exact) mass is 499 g/mol. The Balaban J connectivity index is 1.46. The van der Waals surface area contributed by atoms with Crippen molar-refractivity contribution in [1.29, 1.82) is 0 Å². The van der Waals surface area contributed by atoms with Crippen LogP contribution in [0.3, 0.4) is 0 Å². The smallest absolute Gasteiger partial charge is 0.262 e. The van der Waals surface area contributed by atoms with Gasteiger partial charge in [-0.3, -0.25) is 14.9 Å². The van der Waals surface area contributed by atoms with Crippen molar-refractivity contribution in [1.82, 2.24) is 4.98 Å². The summed E-state index contributed by atoms with van der Waals surface area (Å²) in [5, 5.41) is 5.35. The van der Waals surface area contributed by atoms with Gasteiger partial charge in [0.2, 0.25) is 0 Å². The average molecular weight is 500 g/mol. The first-order valence-corrected chi connectivity index (χ1v) is 12.6. The van der Waals surface area contributed by atoms with Gasteiger partial charge >= 0.3 is 0 Å². The van der Waals surface area contributed by atoms with Crippen LogP contribution in [-0.2, 0) is 14.6 Å². The number of ether oxygens (including phenoxy) is 1. The normalized spacial score (nSPS) is 11.2. The van der Waals surface area contributed by atoms with Crippen molar-refractivity contribution in [2.45, 2.75) is 4.90 Å². The number of hydrogen-bond donors (Lipinski definition) is 2. The second-order valence-electron chi connectivity index (χ2n) is 7.19. The minimum atomic E-state index is -3.37. The second kappa shape index (κ2) is 9.57. The van der Waals surface area contributed by atoms with Crippen molar-refractivity contribution in [3.8, 4) is 5.75 Å². The number of hydrogen-bond acceptors (Lipinski definition) is 7. The first kappa shape index (κ1) is 23.3. The Morgan fingerprint density at radius 1 is 1.03 bits per heavy atom. The molecule has 0 atom stereocenters. The molecule has 0 aliphatic heterocycles. The summed E-state index contributed by atoms with van der Waals surface area (Å²) in [7, 11) is -3.37. The van der Waals surface area contributed by atoms with Gasteiger partial charge in [-0.05, 0) is 42.5 Å². The van der Waals surface area contributed by atoms with Crippen molar-refractivity contribution in [3.05, 3.63) is 78.1 Å². The number of carbonyl (C=O) groups excluding carboxylic acids is 2. The third-order valence-electron chi connectivity index (χ3n) is 4.65. The van der Waals surface area contributed by atoms with E-state index in [1.807, 2.05) is 0 Å². The van der Waals surface area contributed by atoms with Crippen LogP contribution in [0.2, 0.25) is 0 Å². The number of rotatable bonds is 7. The molecule has 4 rings (SSSR count). The van der Waals surface area contributed by atoms with Crippen molar-refractivity contribution >= 4 is 54.0 Å². The van der Waals surface area contributed by atoms with E-state index in [0.29, 0.717) is 10.2 Å². The molecule has 0 bridgehead atoms. The van der Waals surface area contributed by atoms with Gasteiger partial charge in [0.05, 0.1) is 26.4 Å². The number of carbonyl (C=O) groups is 2. The Bertz CT molecular complexity index is 1500. The summed E-state index contributed by atoms with van der Waals surface area (Å²) in [6, 6.07) is 16.6. The van der Waals surface area contributed by atoms with E-state index in [9.17, 15) is 22.4 Å². The molecule has 0 saturated heterocycles. The lowest BCUT2D eigenvalue weighted by atomic mass is 10.2. The molecular formula is C23H18FN3O5S2. The largest absolute Gasteiger partial charge is 0.483 e. The van der Waals surface area contributed by atoms with Crippen LogP contribution >= 0.6 is 11.3 Å². The number of anilines is 2. The maximum absolute atomic E-state index is 13.7. The van der Waals surface area contributed by atoms with Gasteiger partial charge in [0.1, 0.15) is 11.6 Å². The van der Waals surface area contributed by atoms with Gasteiger partial charge in [-0.15, -0.1) is 0 Å². The maximum atomic E-state index is 13.7. The van der Waals surface area contributed by atoms with Crippen LogP contribution in [0.5, 0.6) is 5.75 Å². The molecule has 11 heteroatoms. The van der Waals surface area contributed by atoms with E-state index in [4.69, 9.17) is 4.74 Å². The van der Waals surface area contributed by atoms with Gasteiger partial charge in [-0.25, -0.2) is 17.8 Å². The molecule has 4 aromatic rings. The van der Waals surface area contributed by atoms with Crippen molar-refractivity contribution in [2.75, 3.05) is 23.5 Å². The number of sulfone groups is 1. The molecule has 0 spiro atoms. The number of fused-ring (bicyclic) bond motifs is 1. The highest BCUT2D eigenvalue weighted by Gasteiger charge is 2.17. The number of para-hydroxylation sites is 2. The van der Waals surface area contributed by atoms with Crippen molar-refractivity contribution in [2.24, 2.45) is 0 Å². The number of thiazole rings is 1. The van der Waals surface area contributed by atoms with Crippen LogP contribution in [-0.4, -0.2) is 38.1 Å². The highest BCUT2D eigenvalue weighted by molar-refractivity contribution is 7.90. The zero-order valence-corrected chi connectivity index (χ0v) is 19.4. The van der Waals surface area contributed by atoms with E-state index >= 15 is 0 Å². The van der Waals surface area contributed by atoms with Crippen LogP contribution in [0.4, 0.5) is 15.2 Å². The first-order valence-electron chi connectivity index (χ1n) is 9.89. The number of aromatic nitrogens is 1. The topological polar surface area (TPSA) is 114 Å². The molecule has 174 valence electrons. The molecule has 0 unspecified atom stereocenters. The molecule has 2 amide bonds. The summed E-state index contributed by atoms with van der Waals surface area (Å²) >= 11 is 1.13. The van der Waals surface area contributed by atoms with Crippen LogP contribution < -0.4 is 15.4 Å². The fourth-order valence-electron chi connectivity index (χ4n) is 3.03. The fourth-order valence-corrected chi connectivity index (χ4v) is 4.65. The van der Waals surface area contributed by atoms with E-state index in [1.54, 1.807) is 24.3 Å². The molecule has 0 aliphatic rings. The number of halogens is 1. The number of nitrogens with one attached hydrogen (secondary N) is 2. The molecular weight excluding hydrogens is 481 g/mol. The number of nitrogens with zero attached hydrogens (tertiary/aromatic N) is 1. The van der Waals surface area contributed by atoms with E-state index in [-0.39, 0.29) is 27.0 Å². The summed E-state index contributed by atoms with van der Waals surface area (Å²) in [4.78, 5) is 29.5.